The highest BCUT2D eigenvalue weighted by Crippen LogP contribution is 2.29. The van der Waals surface area contributed by atoms with Gasteiger partial charge in [0.15, 0.2) is 0 Å². The van der Waals surface area contributed by atoms with Crippen molar-refractivity contribution in [1.29, 1.82) is 0 Å². The molecule has 0 aliphatic carbocycles. The van der Waals surface area contributed by atoms with Crippen LogP contribution in [-0.4, -0.2) is 29.3 Å². The fraction of sp³-hybridized carbons (Fsp3) is 0.368. The summed E-state index contributed by atoms with van der Waals surface area (Å²) in [6, 6.07) is 10.5. The van der Waals surface area contributed by atoms with Crippen molar-refractivity contribution in [3.8, 4) is 0 Å². The fourth-order valence-corrected chi connectivity index (χ4v) is 2.53. The van der Waals surface area contributed by atoms with Gasteiger partial charge in [0.1, 0.15) is 5.60 Å². The molecule has 3 rings (SSSR count). The van der Waals surface area contributed by atoms with Crippen LogP contribution in [0.2, 0.25) is 0 Å². The second kappa shape index (κ2) is 6.46. The summed E-state index contributed by atoms with van der Waals surface area (Å²) in [6.45, 7) is 6.87. The standard InChI is InChI=1S/C19H23N3O3/c1-18(2,3)16-9-8-15(10-20-16)22-17(23)21-14-6-4-13(5-7-14)19(24)11-25-12-19/h4-10,24H,11-12H2,1-3H3,(H2,21,22,23). The molecule has 132 valence electrons. The molecule has 1 aromatic heterocycles. The van der Waals surface area contributed by atoms with Gasteiger partial charge in [-0.25, -0.2) is 4.79 Å². The Bertz CT molecular complexity index is 745. The minimum atomic E-state index is -0.902. The molecule has 0 atom stereocenters. The zero-order valence-electron chi connectivity index (χ0n) is 14.7. The minimum absolute atomic E-state index is 0.0297. The molecule has 1 aliphatic rings. The van der Waals surface area contributed by atoms with Gasteiger partial charge < -0.3 is 20.5 Å². The Morgan fingerprint density at radius 2 is 1.68 bits per heavy atom. The lowest BCUT2D eigenvalue weighted by Gasteiger charge is -2.36. The molecule has 25 heavy (non-hydrogen) atoms. The highest BCUT2D eigenvalue weighted by Gasteiger charge is 2.37. The average molecular weight is 341 g/mol. The average Bonchev–Trinajstić information content (AvgIpc) is 2.53. The topological polar surface area (TPSA) is 83.5 Å². The summed E-state index contributed by atoms with van der Waals surface area (Å²) in [4.78, 5) is 16.5. The van der Waals surface area contributed by atoms with Gasteiger partial charge in [-0.15, -0.1) is 0 Å². The number of nitrogens with zero attached hydrogens (tertiary/aromatic N) is 1. The number of rotatable bonds is 3. The molecule has 0 spiro atoms. The first-order chi connectivity index (χ1) is 11.8. The van der Waals surface area contributed by atoms with Crippen molar-refractivity contribution in [2.75, 3.05) is 23.8 Å². The molecule has 1 fully saturated rings. The van der Waals surface area contributed by atoms with E-state index in [9.17, 15) is 9.90 Å². The predicted molar refractivity (Wildman–Crippen MR) is 96.7 cm³/mol. The van der Waals surface area contributed by atoms with Crippen LogP contribution in [0, 0.1) is 0 Å². The van der Waals surface area contributed by atoms with Crippen molar-refractivity contribution in [2.24, 2.45) is 0 Å². The van der Waals surface area contributed by atoms with Crippen molar-refractivity contribution >= 4 is 17.4 Å². The molecular formula is C19H23N3O3. The van der Waals surface area contributed by atoms with Crippen LogP contribution in [0.25, 0.3) is 0 Å². The third-order valence-corrected chi connectivity index (χ3v) is 4.15. The van der Waals surface area contributed by atoms with Crippen LogP contribution >= 0.6 is 0 Å². The van der Waals surface area contributed by atoms with Gasteiger partial charge in [-0.1, -0.05) is 32.9 Å². The number of benzene rings is 1. The van der Waals surface area contributed by atoms with Crippen molar-refractivity contribution in [3.05, 3.63) is 53.9 Å². The summed E-state index contributed by atoms with van der Waals surface area (Å²) in [5.41, 5.74) is 2.09. The quantitative estimate of drug-likeness (QED) is 0.800. The number of urea groups is 1. The van der Waals surface area contributed by atoms with E-state index in [4.69, 9.17) is 4.74 Å². The first kappa shape index (κ1) is 17.4. The second-order valence-corrected chi connectivity index (χ2v) is 7.36. The van der Waals surface area contributed by atoms with Crippen LogP contribution in [0.15, 0.2) is 42.6 Å². The molecule has 1 aromatic carbocycles. The lowest BCUT2D eigenvalue weighted by Crippen LogP contribution is -2.46. The maximum absolute atomic E-state index is 12.1. The number of anilines is 2. The van der Waals surface area contributed by atoms with Gasteiger partial charge in [0.2, 0.25) is 0 Å². The first-order valence-corrected chi connectivity index (χ1v) is 8.21. The van der Waals surface area contributed by atoms with Crippen molar-refractivity contribution in [1.82, 2.24) is 4.98 Å². The Labute approximate surface area is 147 Å². The SMILES string of the molecule is CC(C)(C)c1ccc(NC(=O)Nc2ccc(C3(O)COC3)cc2)cn1. The van der Waals surface area contributed by atoms with E-state index in [1.54, 1.807) is 30.5 Å². The molecule has 3 N–H and O–H groups in total. The molecule has 2 aromatic rings. The fourth-order valence-electron chi connectivity index (χ4n) is 2.53. The normalized spacial score (nSPS) is 16.0. The van der Waals surface area contributed by atoms with E-state index in [2.05, 4.69) is 36.4 Å². The Morgan fingerprint density at radius 1 is 1.08 bits per heavy atom. The van der Waals surface area contributed by atoms with E-state index < -0.39 is 5.60 Å². The zero-order valence-corrected chi connectivity index (χ0v) is 14.7. The van der Waals surface area contributed by atoms with Crippen LogP contribution < -0.4 is 10.6 Å². The van der Waals surface area contributed by atoms with Gasteiger partial charge in [-0.3, -0.25) is 4.98 Å². The number of amides is 2. The maximum Gasteiger partial charge on any atom is 0.323 e. The summed E-state index contributed by atoms with van der Waals surface area (Å²) in [5.74, 6) is 0. The molecule has 0 radical (unpaired) electrons. The van der Waals surface area contributed by atoms with E-state index >= 15 is 0 Å². The monoisotopic (exact) mass is 341 g/mol. The van der Waals surface area contributed by atoms with Gasteiger partial charge in [-0.05, 0) is 29.8 Å². The van der Waals surface area contributed by atoms with Crippen LogP contribution in [0.4, 0.5) is 16.2 Å². The van der Waals surface area contributed by atoms with E-state index in [0.717, 1.165) is 11.3 Å². The molecule has 0 unspecified atom stereocenters. The summed E-state index contributed by atoms with van der Waals surface area (Å²) in [7, 11) is 0. The first-order valence-electron chi connectivity index (χ1n) is 8.21. The summed E-state index contributed by atoms with van der Waals surface area (Å²) < 4.78 is 5.05. The highest BCUT2D eigenvalue weighted by atomic mass is 16.5. The van der Waals surface area contributed by atoms with Crippen LogP contribution in [0.3, 0.4) is 0 Å². The second-order valence-electron chi connectivity index (χ2n) is 7.36. The summed E-state index contributed by atoms with van der Waals surface area (Å²) in [5, 5.41) is 15.7. The third kappa shape index (κ3) is 3.97. The van der Waals surface area contributed by atoms with Gasteiger partial charge in [0.05, 0.1) is 25.1 Å². The molecule has 2 heterocycles. The smallest absolute Gasteiger partial charge is 0.323 e. The van der Waals surface area contributed by atoms with Gasteiger partial charge >= 0.3 is 6.03 Å². The van der Waals surface area contributed by atoms with Crippen LogP contribution in [-0.2, 0) is 15.8 Å². The largest absolute Gasteiger partial charge is 0.380 e. The number of ether oxygens (including phenoxy) is 1. The molecule has 0 saturated carbocycles. The van der Waals surface area contributed by atoms with Gasteiger partial charge in [0.25, 0.3) is 0 Å². The zero-order chi connectivity index (χ0) is 18.1. The van der Waals surface area contributed by atoms with Crippen molar-refractivity contribution in [2.45, 2.75) is 31.8 Å². The van der Waals surface area contributed by atoms with Crippen LogP contribution in [0.1, 0.15) is 32.0 Å². The third-order valence-electron chi connectivity index (χ3n) is 4.15. The number of pyridine rings is 1. The Hall–Kier alpha value is -2.44. The molecule has 6 heteroatoms. The number of carbonyl (C=O) groups excluding carboxylic acids is 1. The number of aromatic nitrogens is 1. The molecule has 1 saturated heterocycles. The molecular weight excluding hydrogens is 318 g/mol. The van der Waals surface area contributed by atoms with Crippen molar-refractivity contribution < 1.29 is 14.6 Å². The lowest BCUT2D eigenvalue weighted by atomic mass is 9.92. The van der Waals surface area contributed by atoms with Gasteiger partial charge in [0, 0.05) is 16.8 Å². The number of nitrogens with one attached hydrogen (secondary N) is 2. The van der Waals surface area contributed by atoms with E-state index in [1.807, 2.05) is 12.1 Å². The highest BCUT2D eigenvalue weighted by molar-refractivity contribution is 5.99. The maximum atomic E-state index is 12.1. The summed E-state index contributed by atoms with van der Waals surface area (Å²) in [6.07, 6.45) is 1.65. The van der Waals surface area contributed by atoms with E-state index in [1.165, 1.54) is 0 Å². The molecule has 2 amide bonds. The molecule has 1 aliphatic heterocycles. The van der Waals surface area contributed by atoms with E-state index in [0.29, 0.717) is 24.6 Å². The lowest BCUT2D eigenvalue weighted by molar-refractivity contribution is -0.184. The number of aliphatic hydroxyl groups is 1. The molecule has 0 bridgehead atoms. The number of hydrogen-bond acceptors (Lipinski definition) is 4. The molecule has 6 nitrogen and oxygen atoms in total. The van der Waals surface area contributed by atoms with Crippen molar-refractivity contribution in [3.63, 3.8) is 0 Å². The predicted octanol–water partition coefficient (Wildman–Crippen LogP) is 3.24. The van der Waals surface area contributed by atoms with Gasteiger partial charge in [-0.2, -0.15) is 0 Å². The number of hydrogen-bond donors (Lipinski definition) is 3. The Balaban J connectivity index is 1.59. The number of carbonyl (C=O) groups is 1. The summed E-state index contributed by atoms with van der Waals surface area (Å²) >= 11 is 0. The Kier molecular flexibility index (Phi) is 4.49. The minimum Gasteiger partial charge on any atom is -0.380 e. The van der Waals surface area contributed by atoms with Crippen LogP contribution in [0.5, 0.6) is 0 Å². The Morgan fingerprint density at radius 3 is 2.16 bits per heavy atom. The van der Waals surface area contributed by atoms with E-state index in [-0.39, 0.29) is 11.4 Å².